The second-order valence-corrected chi connectivity index (χ2v) is 7.57. The number of aryl methyl sites for hydroxylation is 2. The summed E-state index contributed by atoms with van der Waals surface area (Å²) in [5, 5.41) is 8.50. The van der Waals surface area contributed by atoms with Crippen molar-refractivity contribution in [3.05, 3.63) is 75.0 Å². The van der Waals surface area contributed by atoms with E-state index in [0.717, 1.165) is 27.0 Å². The van der Waals surface area contributed by atoms with Gasteiger partial charge in [-0.25, -0.2) is 5.43 Å². The third-order valence-electron chi connectivity index (χ3n) is 4.49. The molecule has 0 atom stereocenters. The number of aromatic nitrogens is 2. The van der Waals surface area contributed by atoms with Gasteiger partial charge in [-0.05, 0) is 71.2 Å². The maximum Gasteiger partial charge on any atom is 0.271 e. The molecule has 0 fully saturated rings. The minimum atomic E-state index is -0.288. The summed E-state index contributed by atoms with van der Waals surface area (Å²) < 4.78 is 13.3. The minimum absolute atomic E-state index is 0.288. The van der Waals surface area contributed by atoms with Gasteiger partial charge in [0, 0.05) is 11.3 Å². The van der Waals surface area contributed by atoms with Crippen molar-refractivity contribution in [2.24, 2.45) is 5.10 Å². The molecule has 1 aromatic heterocycles. The van der Waals surface area contributed by atoms with Gasteiger partial charge >= 0.3 is 0 Å². The molecule has 2 aromatic carbocycles. The molecule has 7 nitrogen and oxygen atoms in total. The SMILES string of the molecule is COc1cc(/C=N\NC(=O)c2ccc(Cn3nc(C)cc3C)cc2)cc(Br)c1OC. The number of hydrogen-bond acceptors (Lipinski definition) is 5. The zero-order valence-corrected chi connectivity index (χ0v) is 18.9. The molecule has 0 radical (unpaired) electrons. The van der Waals surface area contributed by atoms with Crippen LogP contribution in [0.5, 0.6) is 11.5 Å². The van der Waals surface area contributed by atoms with E-state index in [9.17, 15) is 4.79 Å². The summed E-state index contributed by atoms with van der Waals surface area (Å²) in [6.45, 7) is 4.66. The Labute approximate surface area is 183 Å². The van der Waals surface area contributed by atoms with Crippen molar-refractivity contribution in [1.29, 1.82) is 0 Å². The number of amides is 1. The maximum atomic E-state index is 12.4. The molecular formula is C22H23BrN4O3. The molecule has 0 bridgehead atoms. The first kappa shape index (κ1) is 21.6. The number of hydrazone groups is 1. The van der Waals surface area contributed by atoms with Crippen LogP contribution in [0.2, 0.25) is 0 Å². The van der Waals surface area contributed by atoms with Gasteiger partial charge < -0.3 is 9.47 Å². The third kappa shape index (κ3) is 5.07. The quantitative estimate of drug-likeness (QED) is 0.416. The molecule has 30 heavy (non-hydrogen) atoms. The molecule has 8 heteroatoms. The number of benzene rings is 2. The second kappa shape index (κ2) is 9.58. The Hall–Kier alpha value is -3.13. The van der Waals surface area contributed by atoms with Crippen LogP contribution in [0.3, 0.4) is 0 Å². The first-order valence-electron chi connectivity index (χ1n) is 9.26. The van der Waals surface area contributed by atoms with Gasteiger partial charge in [0.1, 0.15) is 0 Å². The van der Waals surface area contributed by atoms with Gasteiger partial charge in [0.15, 0.2) is 11.5 Å². The summed E-state index contributed by atoms with van der Waals surface area (Å²) in [5.41, 5.74) is 6.97. The van der Waals surface area contributed by atoms with Crippen LogP contribution >= 0.6 is 15.9 Å². The van der Waals surface area contributed by atoms with E-state index in [2.05, 4.69) is 31.6 Å². The molecule has 3 aromatic rings. The van der Waals surface area contributed by atoms with Crippen LogP contribution in [-0.2, 0) is 6.54 Å². The van der Waals surface area contributed by atoms with Crippen LogP contribution in [0, 0.1) is 13.8 Å². The average Bonchev–Trinajstić information content (AvgIpc) is 3.04. The lowest BCUT2D eigenvalue weighted by molar-refractivity contribution is 0.0955. The number of halogens is 1. The van der Waals surface area contributed by atoms with E-state index in [0.29, 0.717) is 23.6 Å². The first-order chi connectivity index (χ1) is 14.4. The third-order valence-corrected chi connectivity index (χ3v) is 5.08. The normalized spacial score (nSPS) is 11.0. The highest BCUT2D eigenvalue weighted by Crippen LogP contribution is 2.35. The highest BCUT2D eigenvalue weighted by atomic mass is 79.9. The summed E-state index contributed by atoms with van der Waals surface area (Å²) in [7, 11) is 3.13. The highest BCUT2D eigenvalue weighted by molar-refractivity contribution is 9.10. The molecule has 1 heterocycles. The van der Waals surface area contributed by atoms with Crippen LogP contribution in [0.25, 0.3) is 0 Å². The lowest BCUT2D eigenvalue weighted by Crippen LogP contribution is -2.17. The fourth-order valence-electron chi connectivity index (χ4n) is 3.01. The van der Waals surface area contributed by atoms with E-state index in [4.69, 9.17) is 9.47 Å². The topological polar surface area (TPSA) is 77.7 Å². The zero-order valence-electron chi connectivity index (χ0n) is 17.3. The van der Waals surface area contributed by atoms with Crippen LogP contribution in [0.4, 0.5) is 0 Å². The largest absolute Gasteiger partial charge is 0.493 e. The molecule has 0 aliphatic carbocycles. The lowest BCUT2D eigenvalue weighted by atomic mass is 10.1. The minimum Gasteiger partial charge on any atom is -0.493 e. The van der Waals surface area contributed by atoms with E-state index < -0.39 is 0 Å². The summed E-state index contributed by atoms with van der Waals surface area (Å²) >= 11 is 3.43. The van der Waals surface area contributed by atoms with E-state index >= 15 is 0 Å². The van der Waals surface area contributed by atoms with Gasteiger partial charge in [0.25, 0.3) is 5.91 Å². The van der Waals surface area contributed by atoms with Gasteiger partial charge in [0.05, 0.1) is 37.1 Å². The van der Waals surface area contributed by atoms with Crippen molar-refractivity contribution < 1.29 is 14.3 Å². The predicted molar refractivity (Wildman–Crippen MR) is 120 cm³/mol. The highest BCUT2D eigenvalue weighted by Gasteiger charge is 2.10. The first-order valence-corrected chi connectivity index (χ1v) is 10.1. The number of methoxy groups -OCH3 is 2. The zero-order chi connectivity index (χ0) is 21.7. The van der Waals surface area contributed by atoms with Crippen LogP contribution < -0.4 is 14.9 Å². The number of carbonyl (C=O) groups is 1. The lowest BCUT2D eigenvalue weighted by Gasteiger charge is -2.10. The number of rotatable bonds is 7. The van der Waals surface area contributed by atoms with Crippen molar-refractivity contribution in [1.82, 2.24) is 15.2 Å². The Balaban J connectivity index is 1.63. The second-order valence-electron chi connectivity index (χ2n) is 6.72. The van der Waals surface area contributed by atoms with E-state index in [1.54, 1.807) is 38.6 Å². The predicted octanol–water partition coefficient (Wildman–Crippen LogP) is 4.09. The summed E-state index contributed by atoms with van der Waals surface area (Å²) in [6.07, 6.45) is 1.54. The number of hydrogen-bond donors (Lipinski definition) is 1. The molecule has 0 aliphatic heterocycles. The Morgan fingerprint density at radius 3 is 2.50 bits per heavy atom. The molecule has 0 unspecified atom stereocenters. The fourth-order valence-corrected chi connectivity index (χ4v) is 3.63. The molecular weight excluding hydrogens is 448 g/mol. The Bertz CT molecular complexity index is 1070. The van der Waals surface area contributed by atoms with Gasteiger partial charge in [-0.1, -0.05) is 12.1 Å². The fraction of sp³-hybridized carbons (Fsp3) is 0.227. The van der Waals surface area contributed by atoms with Crippen LogP contribution in [0.1, 0.15) is 32.9 Å². The Kier molecular flexibility index (Phi) is 6.89. The molecule has 0 spiro atoms. The van der Waals surface area contributed by atoms with E-state index in [1.165, 1.54) is 0 Å². The van der Waals surface area contributed by atoms with Gasteiger partial charge in [0.2, 0.25) is 0 Å². The van der Waals surface area contributed by atoms with Crippen molar-refractivity contribution in [2.75, 3.05) is 14.2 Å². The van der Waals surface area contributed by atoms with Crippen LogP contribution in [0.15, 0.2) is 52.0 Å². The van der Waals surface area contributed by atoms with Gasteiger partial charge in [-0.15, -0.1) is 0 Å². The maximum absolute atomic E-state index is 12.4. The summed E-state index contributed by atoms with van der Waals surface area (Å²) in [5.74, 6) is 0.876. The Morgan fingerprint density at radius 2 is 1.90 bits per heavy atom. The smallest absolute Gasteiger partial charge is 0.271 e. The molecule has 0 saturated heterocycles. The van der Waals surface area contributed by atoms with Crippen molar-refractivity contribution in [3.63, 3.8) is 0 Å². The standard InChI is InChI=1S/C22H23BrN4O3/c1-14-9-15(2)27(26-14)13-16-5-7-18(8-6-16)22(28)25-24-12-17-10-19(23)21(30-4)20(11-17)29-3/h5-12H,13H2,1-4H3,(H,25,28)/b24-12-. The number of ether oxygens (including phenoxy) is 2. The van der Waals surface area contributed by atoms with Crippen molar-refractivity contribution in [3.8, 4) is 11.5 Å². The molecule has 1 amide bonds. The molecule has 3 rings (SSSR count). The van der Waals surface area contributed by atoms with E-state index in [-0.39, 0.29) is 5.91 Å². The summed E-state index contributed by atoms with van der Waals surface area (Å²) in [4.78, 5) is 12.4. The van der Waals surface area contributed by atoms with Gasteiger partial charge in [-0.3, -0.25) is 9.48 Å². The van der Waals surface area contributed by atoms with E-state index in [1.807, 2.05) is 42.8 Å². The van der Waals surface area contributed by atoms with Crippen LogP contribution in [-0.4, -0.2) is 36.1 Å². The van der Waals surface area contributed by atoms with Crippen molar-refractivity contribution in [2.45, 2.75) is 20.4 Å². The van der Waals surface area contributed by atoms with Crippen molar-refractivity contribution >= 4 is 28.1 Å². The number of carbonyl (C=O) groups excluding carboxylic acids is 1. The number of nitrogens with zero attached hydrogens (tertiary/aromatic N) is 3. The van der Waals surface area contributed by atoms with Gasteiger partial charge in [-0.2, -0.15) is 10.2 Å². The molecule has 0 saturated carbocycles. The molecule has 1 N–H and O–H groups in total. The summed E-state index contributed by atoms with van der Waals surface area (Å²) in [6, 6.07) is 13.0. The Morgan fingerprint density at radius 1 is 1.17 bits per heavy atom. The molecule has 0 aliphatic rings. The average molecular weight is 471 g/mol. The molecule has 156 valence electrons. The monoisotopic (exact) mass is 470 g/mol. The number of nitrogens with one attached hydrogen (secondary N) is 1.